The van der Waals surface area contributed by atoms with Crippen LogP contribution in [0.1, 0.15) is 24.0 Å². The predicted octanol–water partition coefficient (Wildman–Crippen LogP) is 3.87. The van der Waals surface area contributed by atoms with Gasteiger partial charge in [-0.2, -0.15) is 4.31 Å². The van der Waals surface area contributed by atoms with E-state index < -0.39 is 10.0 Å². The minimum absolute atomic E-state index is 0.0880. The average molecular weight is 423 g/mol. The third-order valence-electron chi connectivity index (χ3n) is 5.66. The monoisotopic (exact) mass is 422 g/mol. The van der Waals surface area contributed by atoms with E-state index in [1.807, 2.05) is 61.5 Å². The van der Waals surface area contributed by atoms with Crippen LogP contribution in [0.3, 0.4) is 0 Å². The first-order valence-corrected chi connectivity index (χ1v) is 11.7. The highest BCUT2D eigenvalue weighted by Gasteiger charge is 2.33. The summed E-state index contributed by atoms with van der Waals surface area (Å²) in [5.74, 6) is -0.422. The van der Waals surface area contributed by atoms with Gasteiger partial charge in [0.15, 0.2) is 0 Å². The zero-order valence-corrected chi connectivity index (χ0v) is 17.9. The molecule has 30 heavy (non-hydrogen) atoms. The van der Waals surface area contributed by atoms with Gasteiger partial charge in [0, 0.05) is 19.6 Å². The molecule has 1 heterocycles. The molecular formula is C24H26N2O3S. The van der Waals surface area contributed by atoms with E-state index in [0.29, 0.717) is 25.9 Å². The van der Waals surface area contributed by atoms with E-state index in [0.717, 1.165) is 21.9 Å². The number of carbonyl (C=O) groups is 1. The summed E-state index contributed by atoms with van der Waals surface area (Å²) in [6, 6.07) is 20.9. The lowest BCUT2D eigenvalue weighted by molar-refractivity contribution is -0.126. The fraction of sp³-hybridized carbons (Fsp3) is 0.292. The SMILES string of the molecule is Cc1cccc(CNC(=O)[C@H]2CCCN(S(=O)(=O)c3ccc4ccccc4c3)C2)c1. The number of nitrogens with zero attached hydrogens (tertiary/aromatic N) is 1. The smallest absolute Gasteiger partial charge is 0.243 e. The number of aryl methyl sites for hydroxylation is 1. The van der Waals surface area contributed by atoms with Crippen molar-refractivity contribution >= 4 is 26.7 Å². The number of rotatable bonds is 5. The summed E-state index contributed by atoms with van der Waals surface area (Å²) in [5.41, 5.74) is 2.19. The lowest BCUT2D eigenvalue weighted by Gasteiger charge is -2.31. The number of carbonyl (C=O) groups excluding carboxylic acids is 1. The molecule has 4 rings (SSSR count). The second-order valence-corrected chi connectivity index (χ2v) is 9.86. The first-order valence-electron chi connectivity index (χ1n) is 10.3. The van der Waals surface area contributed by atoms with Crippen molar-refractivity contribution in [3.8, 4) is 0 Å². The van der Waals surface area contributed by atoms with Gasteiger partial charge in [-0.05, 0) is 48.2 Å². The minimum atomic E-state index is -3.64. The Labute approximate surface area is 177 Å². The van der Waals surface area contributed by atoms with Crippen LogP contribution in [0.25, 0.3) is 10.8 Å². The number of nitrogens with one attached hydrogen (secondary N) is 1. The quantitative estimate of drug-likeness (QED) is 0.679. The van der Waals surface area contributed by atoms with Crippen molar-refractivity contribution in [2.75, 3.05) is 13.1 Å². The van der Waals surface area contributed by atoms with E-state index in [9.17, 15) is 13.2 Å². The third kappa shape index (κ3) is 4.40. The van der Waals surface area contributed by atoms with Crippen LogP contribution in [0.5, 0.6) is 0 Å². The Balaban J connectivity index is 1.46. The first kappa shape index (κ1) is 20.6. The lowest BCUT2D eigenvalue weighted by Crippen LogP contribution is -2.45. The van der Waals surface area contributed by atoms with E-state index in [-0.39, 0.29) is 23.3 Å². The number of benzene rings is 3. The van der Waals surface area contributed by atoms with Crippen LogP contribution in [-0.2, 0) is 21.4 Å². The molecular weight excluding hydrogens is 396 g/mol. The van der Waals surface area contributed by atoms with Gasteiger partial charge in [-0.15, -0.1) is 0 Å². The van der Waals surface area contributed by atoms with E-state index in [1.54, 1.807) is 12.1 Å². The topological polar surface area (TPSA) is 66.5 Å². The van der Waals surface area contributed by atoms with E-state index in [1.165, 1.54) is 4.31 Å². The van der Waals surface area contributed by atoms with E-state index >= 15 is 0 Å². The fourth-order valence-corrected chi connectivity index (χ4v) is 5.57. The summed E-state index contributed by atoms with van der Waals surface area (Å²) in [6.07, 6.45) is 1.37. The molecule has 0 bridgehead atoms. The zero-order valence-electron chi connectivity index (χ0n) is 17.0. The first-order chi connectivity index (χ1) is 14.4. The maximum absolute atomic E-state index is 13.2. The molecule has 1 aliphatic rings. The van der Waals surface area contributed by atoms with Gasteiger partial charge in [0.05, 0.1) is 10.8 Å². The second kappa shape index (κ2) is 8.58. The van der Waals surface area contributed by atoms with Crippen LogP contribution < -0.4 is 5.32 Å². The average Bonchev–Trinajstić information content (AvgIpc) is 2.77. The van der Waals surface area contributed by atoms with Crippen LogP contribution in [0.2, 0.25) is 0 Å². The van der Waals surface area contributed by atoms with Gasteiger partial charge in [-0.3, -0.25) is 4.79 Å². The Bertz CT molecular complexity index is 1170. The summed E-state index contributed by atoms with van der Waals surface area (Å²) in [5, 5.41) is 4.87. The van der Waals surface area contributed by atoms with Gasteiger partial charge in [0.1, 0.15) is 0 Å². The van der Waals surface area contributed by atoms with Gasteiger partial charge in [0.25, 0.3) is 0 Å². The highest BCUT2D eigenvalue weighted by atomic mass is 32.2. The molecule has 0 aliphatic carbocycles. The number of fused-ring (bicyclic) bond motifs is 1. The molecule has 0 saturated carbocycles. The highest BCUT2D eigenvalue weighted by Crippen LogP contribution is 2.26. The summed E-state index contributed by atoms with van der Waals surface area (Å²) in [7, 11) is -3.64. The van der Waals surface area contributed by atoms with Crippen molar-refractivity contribution in [2.45, 2.75) is 31.2 Å². The van der Waals surface area contributed by atoms with Crippen LogP contribution in [-0.4, -0.2) is 31.7 Å². The molecule has 6 heteroatoms. The molecule has 1 amide bonds. The van der Waals surface area contributed by atoms with Crippen molar-refractivity contribution in [3.63, 3.8) is 0 Å². The second-order valence-electron chi connectivity index (χ2n) is 7.92. The largest absolute Gasteiger partial charge is 0.352 e. The van der Waals surface area contributed by atoms with Gasteiger partial charge >= 0.3 is 0 Å². The number of sulfonamides is 1. The van der Waals surface area contributed by atoms with Crippen molar-refractivity contribution in [1.82, 2.24) is 9.62 Å². The fourth-order valence-electron chi connectivity index (χ4n) is 4.01. The van der Waals surface area contributed by atoms with Crippen molar-refractivity contribution in [3.05, 3.63) is 77.9 Å². The van der Waals surface area contributed by atoms with Gasteiger partial charge < -0.3 is 5.32 Å². The third-order valence-corrected chi connectivity index (χ3v) is 7.52. The molecule has 1 saturated heterocycles. The molecule has 5 nitrogen and oxygen atoms in total. The van der Waals surface area contributed by atoms with Crippen LogP contribution >= 0.6 is 0 Å². The standard InChI is InChI=1S/C24H26N2O3S/c1-18-6-4-7-19(14-18)16-25-24(27)22-10-5-13-26(17-22)30(28,29)23-12-11-20-8-2-3-9-21(20)15-23/h2-4,6-9,11-12,14-15,22H,5,10,13,16-17H2,1H3,(H,25,27)/t22-/m0/s1. The Hall–Kier alpha value is -2.70. The van der Waals surface area contributed by atoms with Crippen LogP contribution in [0, 0.1) is 12.8 Å². The number of hydrogen-bond donors (Lipinski definition) is 1. The number of piperidine rings is 1. The maximum atomic E-state index is 13.2. The number of hydrogen-bond acceptors (Lipinski definition) is 3. The molecule has 1 N–H and O–H groups in total. The molecule has 0 radical (unpaired) electrons. The molecule has 1 aliphatic heterocycles. The van der Waals surface area contributed by atoms with Crippen molar-refractivity contribution in [2.24, 2.45) is 5.92 Å². The molecule has 1 atom stereocenters. The molecule has 0 aromatic heterocycles. The molecule has 1 fully saturated rings. The van der Waals surface area contributed by atoms with Crippen LogP contribution in [0.4, 0.5) is 0 Å². The van der Waals surface area contributed by atoms with Gasteiger partial charge in [-0.25, -0.2) is 8.42 Å². The summed E-state index contributed by atoms with van der Waals surface area (Å²) >= 11 is 0. The van der Waals surface area contributed by atoms with Gasteiger partial charge in [-0.1, -0.05) is 60.2 Å². The Kier molecular flexibility index (Phi) is 5.88. The summed E-state index contributed by atoms with van der Waals surface area (Å²) < 4.78 is 27.9. The predicted molar refractivity (Wildman–Crippen MR) is 118 cm³/mol. The van der Waals surface area contributed by atoms with Crippen LogP contribution in [0.15, 0.2) is 71.6 Å². The molecule has 3 aromatic carbocycles. The zero-order chi connectivity index (χ0) is 21.1. The maximum Gasteiger partial charge on any atom is 0.243 e. The molecule has 3 aromatic rings. The summed E-state index contributed by atoms with van der Waals surface area (Å²) in [4.78, 5) is 13.0. The van der Waals surface area contributed by atoms with Crippen molar-refractivity contribution < 1.29 is 13.2 Å². The molecule has 0 spiro atoms. The van der Waals surface area contributed by atoms with E-state index in [4.69, 9.17) is 0 Å². The molecule has 0 unspecified atom stereocenters. The highest BCUT2D eigenvalue weighted by molar-refractivity contribution is 7.89. The Morgan fingerprint density at radius 2 is 1.83 bits per heavy atom. The molecule has 156 valence electrons. The normalized spacial score (nSPS) is 17.7. The Morgan fingerprint density at radius 1 is 1.03 bits per heavy atom. The number of amides is 1. The Morgan fingerprint density at radius 3 is 2.63 bits per heavy atom. The van der Waals surface area contributed by atoms with Crippen molar-refractivity contribution in [1.29, 1.82) is 0 Å². The summed E-state index contributed by atoms with van der Waals surface area (Å²) in [6.45, 7) is 3.13. The van der Waals surface area contributed by atoms with E-state index in [2.05, 4.69) is 5.32 Å². The lowest BCUT2D eigenvalue weighted by atomic mass is 9.98. The minimum Gasteiger partial charge on any atom is -0.352 e. The van der Waals surface area contributed by atoms with Gasteiger partial charge in [0.2, 0.25) is 15.9 Å².